The second-order valence-electron chi connectivity index (χ2n) is 4.65. The summed E-state index contributed by atoms with van der Waals surface area (Å²) in [5, 5.41) is 0.623. The molecule has 0 atom stereocenters. The predicted molar refractivity (Wildman–Crippen MR) is 84.6 cm³/mol. The first-order valence-electron chi connectivity index (χ1n) is 7.16. The van der Waals surface area contributed by atoms with Crippen molar-refractivity contribution in [2.45, 2.75) is 13.5 Å². The lowest BCUT2D eigenvalue weighted by Gasteiger charge is -2.07. The van der Waals surface area contributed by atoms with Crippen molar-refractivity contribution in [2.75, 3.05) is 13.7 Å². The first kappa shape index (κ1) is 17.3. The highest BCUT2D eigenvalue weighted by atomic mass is 16.5. The second kappa shape index (κ2) is 7.96. The van der Waals surface area contributed by atoms with Gasteiger partial charge in [0.25, 0.3) is 0 Å². The molecule has 1 aromatic carbocycles. The lowest BCUT2D eigenvalue weighted by atomic mass is 10.1. The topological polar surface area (TPSA) is 92.0 Å². The molecule has 24 heavy (non-hydrogen) atoms. The van der Waals surface area contributed by atoms with Crippen LogP contribution < -0.4 is 10.4 Å². The number of hydrogen-bond acceptors (Lipinski definition) is 7. The zero-order chi connectivity index (χ0) is 17.5. The molecule has 0 amide bonds. The molecule has 0 bridgehead atoms. The molecule has 1 heterocycles. The van der Waals surface area contributed by atoms with Gasteiger partial charge < -0.3 is 18.6 Å². The van der Waals surface area contributed by atoms with Crippen LogP contribution in [0.25, 0.3) is 11.0 Å². The molecule has 0 radical (unpaired) electrons. The van der Waals surface area contributed by atoms with E-state index in [4.69, 9.17) is 13.9 Å². The maximum absolute atomic E-state index is 11.6. The van der Waals surface area contributed by atoms with Gasteiger partial charge in [-0.2, -0.15) is 0 Å². The van der Waals surface area contributed by atoms with Gasteiger partial charge in [-0.3, -0.25) is 0 Å². The van der Waals surface area contributed by atoms with Crippen LogP contribution in [0.1, 0.15) is 12.5 Å². The minimum atomic E-state index is -0.724. The molecule has 0 saturated carbocycles. The third kappa shape index (κ3) is 4.45. The van der Waals surface area contributed by atoms with Crippen molar-refractivity contribution in [3.63, 3.8) is 0 Å². The number of hydrogen-bond donors (Lipinski definition) is 0. The van der Waals surface area contributed by atoms with Crippen LogP contribution >= 0.6 is 0 Å². The van der Waals surface area contributed by atoms with Gasteiger partial charge in [-0.05, 0) is 19.1 Å². The summed E-state index contributed by atoms with van der Waals surface area (Å²) in [7, 11) is 1.50. The molecule has 0 aliphatic rings. The van der Waals surface area contributed by atoms with E-state index in [2.05, 4.69) is 4.74 Å². The molecule has 7 heteroatoms. The standard InChI is InChI=1S/C17H16O7/c1-3-22-15(18)6-7-16(19)23-10-11-8-17(20)24-14-9-12(21-2)4-5-13(11)14/h4-9H,3,10H2,1-2H3. The second-order valence-corrected chi connectivity index (χ2v) is 4.65. The van der Waals surface area contributed by atoms with Crippen LogP contribution in [0.15, 0.2) is 45.6 Å². The SMILES string of the molecule is CCOC(=O)C=CC(=O)OCc1cc(=O)oc2cc(OC)ccc12. The molecule has 0 unspecified atom stereocenters. The lowest BCUT2D eigenvalue weighted by Crippen LogP contribution is -2.07. The highest BCUT2D eigenvalue weighted by Gasteiger charge is 2.09. The Morgan fingerprint density at radius 1 is 1.12 bits per heavy atom. The Labute approximate surface area is 137 Å². The van der Waals surface area contributed by atoms with Crippen LogP contribution in [0.4, 0.5) is 0 Å². The zero-order valence-electron chi connectivity index (χ0n) is 13.2. The molecule has 2 aromatic rings. The normalized spacial score (nSPS) is 10.8. The van der Waals surface area contributed by atoms with Gasteiger partial charge >= 0.3 is 17.6 Å². The average molecular weight is 332 g/mol. The Morgan fingerprint density at radius 2 is 1.83 bits per heavy atom. The molecule has 0 N–H and O–H groups in total. The summed E-state index contributed by atoms with van der Waals surface area (Å²) in [6.45, 7) is 1.74. The van der Waals surface area contributed by atoms with Gasteiger partial charge in [0, 0.05) is 35.2 Å². The molecule has 1 aromatic heterocycles. The molecular formula is C17H16O7. The van der Waals surface area contributed by atoms with Crippen LogP contribution in [0.2, 0.25) is 0 Å². The minimum absolute atomic E-state index is 0.138. The van der Waals surface area contributed by atoms with Gasteiger partial charge in [-0.15, -0.1) is 0 Å². The lowest BCUT2D eigenvalue weighted by molar-refractivity contribution is -0.141. The molecule has 0 fully saturated rings. The van der Waals surface area contributed by atoms with Crippen molar-refractivity contribution in [3.05, 3.63) is 52.4 Å². The number of ether oxygens (including phenoxy) is 3. The molecule has 0 aliphatic carbocycles. The van der Waals surface area contributed by atoms with Crippen LogP contribution in [0.5, 0.6) is 5.75 Å². The van der Waals surface area contributed by atoms with Crippen molar-refractivity contribution >= 4 is 22.9 Å². The maximum Gasteiger partial charge on any atom is 0.336 e. The van der Waals surface area contributed by atoms with Crippen molar-refractivity contribution < 1.29 is 28.2 Å². The van der Waals surface area contributed by atoms with Crippen LogP contribution in [-0.2, 0) is 25.7 Å². The summed E-state index contributed by atoms with van der Waals surface area (Å²) in [4.78, 5) is 34.3. The molecule has 126 valence electrons. The van der Waals surface area contributed by atoms with E-state index < -0.39 is 17.6 Å². The summed E-state index contributed by atoms with van der Waals surface area (Å²) >= 11 is 0. The highest BCUT2D eigenvalue weighted by molar-refractivity contribution is 5.91. The quantitative estimate of drug-likeness (QED) is 0.453. The third-order valence-corrected chi connectivity index (χ3v) is 3.05. The third-order valence-electron chi connectivity index (χ3n) is 3.05. The fourth-order valence-corrected chi connectivity index (χ4v) is 1.98. The van der Waals surface area contributed by atoms with E-state index in [9.17, 15) is 14.4 Å². The van der Waals surface area contributed by atoms with E-state index in [-0.39, 0.29) is 13.2 Å². The van der Waals surface area contributed by atoms with E-state index in [0.717, 1.165) is 12.2 Å². The molecule has 0 spiro atoms. The number of methoxy groups -OCH3 is 1. The van der Waals surface area contributed by atoms with E-state index in [1.807, 2.05) is 0 Å². The molecule has 0 saturated heterocycles. The number of rotatable bonds is 6. The minimum Gasteiger partial charge on any atom is -0.497 e. The first-order chi connectivity index (χ1) is 11.5. The van der Waals surface area contributed by atoms with Gasteiger partial charge in [0.15, 0.2) is 0 Å². The zero-order valence-corrected chi connectivity index (χ0v) is 13.2. The van der Waals surface area contributed by atoms with Crippen LogP contribution in [0, 0.1) is 0 Å². The summed E-state index contributed by atoms with van der Waals surface area (Å²) < 4.78 is 19.9. The Bertz CT molecular complexity index is 832. The van der Waals surface area contributed by atoms with Crippen LogP contribution in [0.3, 0.4) is 0 Å². The molecule has 0 aliphatic heterocycles. The van der Waals surface area contributed by atoms with E-state index in [1.54, 1.807) is 25.1 Å². The number of carbonyl (C=O) groups is 2. The number of esters is 2. The van der Waals surface area contributed by atoms with Gasteiger partial charge in [-0.1, -0.05) is 0 Å². The number of fused-ring (bicyclic) bond motifs is 1. The van der Waals surface area contributed by atoms with Gasteiger partial charge in [-0.25, -0.2) is 14.4 Å². The smallest absolute Gasteiger partial charge is 0.336 e. The fourth-order valence-electron chi connectivity index (χ4n) is 1.98. The highest BCUT2D eigenvalue weighted by Crippen LogP contribution is 2.22. The Hall–Kier alpha value is -3.09. The first-order valence-corrected chi connectivity index (χ1v) is 7.16. The predicted octanol–water partition coefficient (Wildman–Crippen LogP) is 1.96. The number of benzene rings is 1. The largest absolute Gasteiger partial charge is 0.497 e. The van der Waals surface area contributed by atoms with E-state index in [0.29, 0.717) is 22.3 Å². The van der Waals surface area contributed by atoms with Gasteiger partial charge in [0.2, 0.25) is 0 Å². The van der Waals surface area contributed by atoms with Crippen molar-refractivity contribution in [1.29, 1.82) is 0 Å². The molecular weight excluding hydrogens is 316 g/mol. The summed E-state index contributed by atoms with van der Waals surface area (Å²) in [5.41, 5.74) is 0.251. The molecule has 7 nitrogen and oxygen atoms in total. The maximum atomic E-state index is 11.6. The van der Waals surface area contributed by atoms with Crippen molar-refractivity contribution in [2.24, 2.45) is 0 Å². The molecule has 2 rings (SSSR count). The van der Waals surface area contributed by atoms with Crippen LogP contribution in [-0.4, -0.2) is 25.7 Å². The monoisotopic (exact) mass is 332 g/mol. The van der Waals surface area contributed by atoms with Crippen molar-refractivity contribution in [1.82, 2.24) is 0 Å². The van der Waals surface area contributed by atoms with E-state index >= 15 is 0 Å². The fraction of sp³-hybridized carbons (Fsp3) is 0.235. The average Bonchev–Trinajstić information content (AvgIpc) is 2.57. The summed E-state index contributed by atoms with van der Waals surface area (Å²) in [6, 6.07) is 6.23. The Balaban J connectivity index is 2.14. The van der Waals surface area contributed by atoms with Gasteiger partial charge in [0.1, 0.15) is 17.9 Å². The number of carbonyl (C=O) groups excluding carboxylic acids is 2. The van der Waals surface area contributed by atoms with Gasteiger partial charge in [0.05, 0.1) is 13.7 Å². The Morgan fingerprint density at radius 3 is 2.50 bits per heavy atom. The Kier molecular flexibility index (Phi) is 5.73. The van der Waals surface area contributed by atoms with E-state index in [1.165, 1.54) is 13.2 Å². The summed E-state index contributed by atoms with van der Waals surface area (Å²) in [6.07, 6.45) is 1.95. The summed E-state index contributed by atoms with van der Waals surface area (Å²) in [5.74, 6) is -0.817. The van der Waals surface area contributed by atoms with Crippen molar-refractivity contribution in [3.8, 4) is 5.75 Å².